The van der Waals surface area contributed by atoms with Crippen LogP contribution in [0.3, 0.4) is 0 Å². The average Bonchev–Trinajstić information content (AvgIpc) is 2.82. The predicted octanol–water partition coefficient (Wildman–Crippen LogP) is 3.11. The zero-order chi connectivity index (χ0) is 23.6. The van der Waals surface area contributed by atoms with E-state index in [4.69, 9.17) is 14.2 Å². The summed E-state index contributed by atoms with van der Waals surface area (Å²) < 4.78 is 15.6. The lowest BCUT2D eigenvalue weighted by molar-refractivity contribution is -0.143. The summed E-state index contributed by atoms with van der Waals surface area (Å²) >= 11 is 0. The van der Waals surface area contributed by atoms with Crippen LogP contribution in [0, 0.1) is 0 Å². The van der Waals surface area contributed by atoms with Crippen molar-refractivity contribution in [1.29, 1.82) is 0 Å². The molecule has 0 bridgehead atoms. The van der Waals surface area contributed by atoms with Crippen LogP contribution in [0.4, 0.5) is 5.69 Å². The summed E-state index contributed by atoms with van der Waals surface area (Å²) in [5.41, 5.74) is 1.80. The summed E-state index contributed by atoms with van der Waals surface area (Å²) in [6.45, 7) is 1.71. The van der Waals surface area contributed by atoms with Gasteiger partial charge in [0.25, 0.3) is 5.91 Å². The van der Waals surface area contributed by atoms with Crippen molar-refractivity contribution in [2.45, 2.75) is 32.6 Å². The van der Waals surface area contributed by atoms with Gasteiger partial charge in [0.15, 0.2) is 12.4 Å². The van der Waals surface area contributed by atoms with E-state index in [-0.39, 0.29) is 45.0 Å². The molecule has 0 radical (unpaired) electrons. The Kier molecular flexibility index (Phi) is 8.57. The Labute approximate surface area is 192 Å². The van der Waals surface area contributed by atoms with Crippen molar-refractivity contribution >= 4 is 29.3 Å². The van der Waals surface area contributed by atoms with Gasteiger partial charge in [-0.1, -0.05) is 30.3 Å². The minimum absolute atomic E-state index is 0.0180. The summed E-state index contributed by atoms with van der Waals surface area (Å²) in [6.07, 6.45) is 1.40. The first-order valence-electron chi connectivity index (χ1n) is 10.9. The summed E-state index contributed by atoms with van der Waals surface area (Å²) in [5, 5.41) is 0. The van der Waals surface area contributed by atoms with Gasteiger partial charge in [-0.05, 0) is 43.5 Å². The number of Topliss-reactive ketones (excluding diaryl/α,β-unsaturated/α-hetero) is 1. The number of esters is 2. The molecule has 0 saturated heterocycles. The number of ether oxygens (including phenoxy) is 3. The summed E-state index contributed by atoms with van der Waals surface area (Å²) in [7, 11) is 0. The number of hydrogen-bond acceptors (Lipinski definition) is 7. The Hall–Kier alpha value is -3.68. The van der Waals surface area contributed by atoms with E-state index >= 15 is 0 Å². The van der Waals surface area contributed by atoms with Crippen molar-refractivity contribution in [2.75, 3.05) is 31.3 Å². The lowest BCUT2D eigenvalue weighted by atomic mass is 10.0. The van der Waals surface area contributed by atoms with Gasteiger partial charge in [0, 0.05) is 12.0 Å². The topological polar surface area (TPSA) is 99.2 Å². The Morgan fingerprint density at radius 2 is 1.79 bits per heavy atom. The molecule has 0 unspecified atom stereocenters. The van der Waals surface area contributed by atoms with Crippen molar-refractivity contribution < 1.29 is 33.4 Å². The molecule has 8 heteroatoms. The highest BCUT2D eigenvalue weighted by atomic mass is 16.5. The number of anilines is 1. The van der Waals surface area contributed by atoms with Gasteiger partial charge in [-0.15, -0.1) is 0 Å². The maximum Gasteiger partial charge on any atom is 0.326 e. The number of carbonyl (C=O) groups is 4. The molecule has 2 aromatic carbocycles. The van der Waals surface area contributed by atoms with Gasteiger partial charge in [-0.3, -0.25) is 24.1 Å². The lowest BCUT2D eigenvalue weighted by Gasteiger charge is -2.29. The molecule has 0 aliphatic carbocycles. The van der Waals surface area contributed by atoms with Crippen molar-refractivity contribution in [3.05, 3.63) is 59.7 Å². The molecule has 0 saturated carbocycles. The number of hydrogen-bond donors (Lipinski definition) is 0. The van der Waals surface area contributed by atoms with Gasteiger partial charge in [0.05, 0.1) is 25.3 Å². The largest absolute Gasteiger partial charge is 0.482 e. The number of carbonyl (C=O) groups excluding carboxylic acids is 4. The smallest absolute Gasteiger partial charge is 0.326 e. The number of nitrogens with zero attached hydrogens (tertiary/aromatic N) is 1. The first kappa shape index (κ1) is 24.0. The van der Waals surface area contributed by atoms with E-state index in [1.807, 2.05) is 30.3 Å². The Balaban J connectivity index is 1.58. The fourth-order valence-electron chi connectivity index (χ4n) is 3.42. The monoisotopic (exact) mass is 453 g/mol. The van der Waals surface area contributed by atoms with E-state index in [1.165, 1.54) is 11.0 Å². The highest BCUT2D eigenvalue weighted by molar-refractivity contribution is 6.04. The number of ketones is 1. The molecular formula is C25H27NO7. The van der Waals surface area contributed by atoms with Crippen molar-refractivity contribution in [2.24, 2.45) is 0 Å². The molecule has 0 fully saturated rings. The van der Waals surface area contributed by atoms with Crippen LogP contribution in [-0.2, 0) is 30.3 Å². The third-order valence-electron chi connectivity index (χ3n) is 5.09. The molecule has 1 aliphatic rings. The first-order valence-corrected chi connectivity index (χ1v) is 10.9. The van der Waals surface area contributed by atoms with Gasteiger partial charge in [-0.25, -0.2) is 0 Å². The van der Waals surface area contributed by atoms with Gasteiger partial charge < -0.3 is 14.2 Å². The van der Waals surface area contributed by atoms with Crippen LogP contribution in [0.2, 0.25) is 0 Å². The van der Waals surface area contributed by atoms with Gasteiger partial charge >= 0.3 is 11.9 Å². The maximum atomic E-state index is 12.5. The average molecular weight is 453 g/mol. The van der Waals surface area contributed by atoms with Crippen LogP contribution in [-0.4, -0.2) is 50.0 Å². The molecule has 0 aromatic heterocycles. The molecule has 3 rings (SSSR count). The van der Waals surface area contributed by atoms with Crippen LogP contribution in [0.15, 0.2) is 48.5 Å². The van der Waals surface area contributed by atoms with E-state index in [9.17, 15) is 19.2 Å². The molecule has 1 aliphatic heterocycles. The van der Waals surface area contributed by atoms with E-state index < -0.39 is 17.8 Å². The van der Waals surface area contributed by atoms with E-state index in [0.29, 0.717) is 23.4 Å². The van der Waals surface area contributed by atoms with Gasteiger partial charge in [0.2, 0.25) is 0 Å². The zero-order valence-corrected chi connectivity index (χ0v) is 18.6. The molecule has 0 N–H and O–H groups in total. The number of aryl methyl sites for hydroxylation is 1. The molecule has 1 heterocycles. The molecule has 2 aromatic rings. The maximum absolute atomic E-state index is 12.5. The number of amides is 1. The van der Waals surface area contributed by atoms with Crippen LogP contribution < -0.4 is 9.64 Å². The van der Waals surface area contributed by atoms with Crippen LogP contribution in [0.5, 0.6) is 5.75 Å². The van der Waals surface area contributed by atoms with Crippen molar-refractivity contribution in [3.8, 4) is 5.75 Å². The second-order valence-corrected chi connectivity index (χ2v) is 7.49. The highest BCUT2D eigenvalue weighted by Gasteiger charge is 2.29. The Morgan fingerprint density at radius 3 is 2.55 bits per heavy atom. The molecule has 1 amide bonds. The van der Waals surface area contributed by atoms with Crippen LogP contribution >= 0.6 is 0 Å². The second kappa shape index (κ2) is 11.8. The fraction of sp³-hybridized carbons (Fsp3) is 0.360. The zero-order valence-electron chi connectivity index (χ0n) is 18.6. The lowest BCUT2D eigenvalue weighted by Crippen LogP contribution is -2.42. The normalized spacial score (nSPS) is 12.5. The molecule has 8 nitrogen and oxygen atoms in total. The minimum atomic E-state index is -0.539. The van der Waals surface area contributed by atoms with Crippen LogP contribution in [0.25, 0.3) is 0 Å². The van der Waals surface area contributed by atoms with Gasteiger partial charge in [0.1, 0.15) is 12.3 Å². The summed E-state index contributed by atoms with van der Waals surface area (Å²) in [6, 6.07) is 14.5. The highest BCUT2D eigenvalue weighted by Crippen LogP contribution is 2.33. The Morgan fingerprint density at radius 1 is 1.00 bits per heavy atom. The molecule has 0 spiro atoms. The first-order chi connectivity index (χ1) is 16.0. The quantitative estimate of drug-likeness (QED) is 0.293. The third-order valence-corrected chi connectivity index (χ3v) is 5.09. The minimum Gasteiger partial charge on any atom is -0.482 e. The number of rotatable bonds is 11. The van der Waals surface area contributed by atoms with Gasteiger partial charge in [-0.2, -0.15) is 0 Å². The fourth-order valence-corrected chi connectivity index (χ4v) is 3.42. The van der Waals surface area contributed by atoms with E-state index in [0.717, 1.165) is 12.0 Å². The third kappa shape index (κ3) is 6.90. The standard InChI is InChI=1S/C25H27NO7/c1-2-31-24(29)13-11-21(27)19-10-12-22-20(15-19)26(23(28)17-33-22)16-25(30)32-14-6-9-18-7-4-3-5-8-18/h3-5,7-8,10,12,15H,2,6,9,11,13-14,16-17H2,1H3. The Bertz CT molecular complexity index is 1000. The molecular weight excluding hydrogens is 426 g/mol. The number of benzene rings is 2. The summed E-state index contributed by atoms with van der Waals surface area (Å²) in [5.74, 6) is -1.26. The second-order valence-electron chi connectivity index (χ2n) is 7.49. The summed E-state index contributed by atoms with van der Waals surface area (Å²) in [4.78, 5) is 50.1. The molecule has 0 atom stereocenters. The molecule has 174 valence electrons. The van der Waals surface area contributed by atoms with Crippen molar-refractivity contribution in [1.82, 2.24) is 0 Å². The van der Waals surface area contributed by atoms with E-state index in [1.54, 1.807) is 19.1 Å². The van der Waals surface area contributed by atoms with Crippen molar-refractivity contribution in [3.63, 3.8) is 0 Å². The molecule has 33 heavy (non-hydrogen) atoms. The predicted molar refractivity (Wildman–Crippen MR) is 120 cm³/mol. The van der Waals surface area contributed by atoms with E-state index in [2.05, 4.69) is 0 Å². The SMILES string of the molecule is CCOC(=O)CCC(=O)c1ccc2c(c1)N(CC(=O)OCCCc1ccccc1)C(=O)CO2. The van der Waals surface area contributed by atoms with Crippen LogP contribution in [0.1, 0.15) is 42.1 Å². The number of fused-ring (bicyclic) bond motifs is 1.